The molecule has 3 rings (SSSR count). The summed E-state index contributed by atoms with van der Waals surface area (Å²) in [5.74, 6) is 0.547. The molecule has 1 aromatic heterocycles. The van der Waals surface area contributed by atoms with Crippen LogP contribution >= 0.6 is 11.3 Å². The van der Waals surface area contributed by atoms with Gasteiger partial charge in [-0.3, -0.25) is 0 Å². The zero-order valence-corrected chi connectivity index (χ0v) is 12.5. The van der Waals surface area contributed by atoms with Crippen LogP contribution in [0.25, 0.3) is 0 Å². The van der Waals surface area contributed by atoms with E-state index < -0.39 is 10.0 Å². The number of sulfonamides is 1. The van der Waals surface area contributed by atoms with Crippen LogP contribution in [-0.4, -0.2) is 21.0 Å². The Morgan fingerprint density at radius 2 is 2.00 bits per heavy atom. The maximum Gasteiger partial charge on any atom is 0.250 e. The van der Waals surface area contributed by atoms with E-state index in [1.165, 1.54) is 30.6 Å². The van der Waals surface area contributed by atoms with Crippen LogP contribution in [0.1, 0.15) is 37.0 Å². The Bertz CT molecular complexity index is 531. The molecule has 4 nitrogen and oxygen atoms in total. The van der Waals surface area contributed by atoms with Crippen molar-refractivity contribution >= 4 is 21.4 Å². The van der Waals surface area contributed by atoms with Gasteiger partial charge < -0.3 is 5.32 Å². The van der Waals surface area contributed by atoms with Gasteiger partial charge in [-0.25, -0.2) is 13.1 Å². The molecule has 0 saturated heterocycles. The quantitative estimate of drug-likeness (QED) is 0.810. The van der Waals surface area contributed by atoms with E-state index in [0.717, 1.165) is 24.3 Å². The first-order chi connectivity index (χ1) is 9.13. The average molecular weight is 300 g/mol. The van der Waals surface area contributed by atoms with Crippen LogP contribution in [-0.2, 0) is 16.6 Å². The number of hydrogen-bond acceptors (Lipinski definition) is 4. The third kappa shape index (κ3) is 3.56. The molecule has 0 unspecified atom stereocenters. The maximum atomic E-state index is 12.1. The molecule has 2 aliphatic carbocycles. The molecule has 0 atom stereocenters. The Hall–Kier alpha value is -0.430. The van der Waals surface area contributed by atoms with Crippen LogP contribution in [0, 0.1) is 5.92 Å². The van der Waals surface area contributed by atoms with E-state index in [2.05, 4.69) is 10.0 Å². The second-order valence-electron chi connectivity index (χ2n) is 5.52. The normalized spacial score (nSPS) is 20.4. The van der Waals surface area contributed by atoms with Gasteiger partial charge in [0, 0.05) is 24.0 Å². The third-order valence-corrected chi connectivity index (χ3v) is 6.83. The van der Waals surface area contributed by atoms with Crippen molar-refractivity contribution in [1.82, 2.24) is 10.0 Å². The van der Waals surface area contributed by atoms with Gasteiger partial charge in [-0.15, -0.1) is 11.3 Å². The summed E-state index contributed by atoms with van der Waals surface area (Å²) in [5.41, 5.74) is 0. The second-order valence-corrected chi connectivity index (χ2v) is 8.69. The lowest BCUT2D eigenvalue weighted by molar-refractivity contribution is 0.316. The van der Waals surface area contributed by atoms with Gasteiger partial charge >= 0.3 is 0 Å². The summed E-state index contributed by atoms with van der Waals surface area (Å²) >= 11 is 1.37. The maximum absolute atomic E-state index is 12.1. The highest BCUT2D eigenvalue weighted by Crippen LogP contribution is 2.27. The standard InChI is InChI=1S/C13H20N2O2S2/c16-19(17,15-8-10-2-1-3-10)13-7-6-12(18-13)9-14-11-4-5-11/h6-7,10-11,14-15H,1-5,8-9H2. The fourth-order valence-corrected chi connectivity index (χ4v) is 4.59. The van der Waals surface area contributed by atoms with Crippen LogP contribution in [0.3, 0.4) is 0 Å². The zero-order chi connectivity index (χ0) is 13.3. The number of thiophene rings is 1. The minimum atomic E-state index is -3.29. The summed E-state index contributed by atoms with van der Waals surface area (Å²) in [7, 11) is -3.29. The van der Waals surface area contributed by atoms with Crippen molar-refractivity contribution in [2.45, 2.75) is 48.9 Å². The van der Waals surface area contributed by atoms with Gasteiger partial charge in [0.15, 0.2) is 0 Å². The van der Waals surface area contributed by atoms with Crippen LogP contribution in [0.2, 0.25) is 0 Å². The van der Waals surface area contributed by atoms with Gasteiger partial charge in [0.1, 0.15) is 4.21 Å². The monoisotopic (exact) mass is 300 g/mol. The van der Waals surface area contributed by atoms with E-state index in [4.69, 9.17) is 0 Å². The number of rotatable bonds is 7. The van der Waals surface area contributed by atoms with E-state index in [1.807, 2.05) is 6.07 Å². The summed E-state index contributed by atoms with van der Waals surface area (Å²) < 4.78 is 27.4. The summed E-state index contributed by atoms with van der Waals surface area (Å²) in [6.45, 7) is 1.38. The van der Waals surface area contributed by atoms with Crippen LogP contribution in [0.4, 0.5) is 0 Å². The summed E-state index contributed by atoms with van der Waals surface area (Å²) in [4.78, 5) is 1.09. The topological polar surface area (TPSA) is 58.2 Å². The number of nitrogens with one attached hydrogen (secondary N) is 2. The Kier molecular flexibility index (Phi) is 3.93. The molecule has 6 heteroatoms. The Balaban J connectivity index is 1.56. The Morgan fingerprint density at radius 3 is 2.63 bits per heavy atom. The molecule has 0 bridgehead atoms. The number of hydrogen-bond donors (Lipinski definition) is 2. The fourth-order valence-electron chi connectivity index (χ4n) is 2.13. The van der Waals surface area contributed by atoms with E-state index in [1.54, 1.807) is 6.07 Å². The minimum Gasteiger partial charge on any atom is -0.309 e. The average Bonchev–Trinajstić information content (AvgIpc) is 3.01. The highest BCUT2D eigenvalue weighted by molar-refractivity contribution is 7.91. The van der Waals surface area contributed by atoms with E-state index >= 15 is 0 Å². The van der Waals surface area contributed by atoms with Crippen LogP contribution in [0.5, 0.6) is 0 Å². The van der Waals surface area contributed by atoms with Gasteiger partial charge in [0.25, 0.3) is 0 Å². The largest absolute Gasteiger partial charge is 0.309 e. The van der Waals surface area contributed by atoms with Crippen molar-refractivity contribution < 1.29 is 8.42 Å². The van der Waals surface area contributed by atoms with Crippen LogP contribution in [0.15, 0.2) is 16.3 Å². The molecule has 0 amide bonds. The van der Waals surface area contributed by atoms with E-state index in [-0.39, 0.29) is 0 Å². The molecule has 1 heterocycles. The van der Waals surface area contributed by atoms with Gasteiger partial charge in [-0.2, -0.15) is 0 Å². The molecule has 2 saturated carbocycles. The zero-order valence-electron chi connectivity index (χ0n) is 10.9. The smallest absolute Gasteiger partial charge is 0.250 e. The minimum absolute atomic E-state index is 0.444. The van der Waals surface area contributed by atoms with Crippen molar-refractivity contribution in [3.8, 4) is 0 Å². The lowest BCUT2D eigenvalue weighted by atomic mass is 9.86. The molecule has 0 aromatic carbocycles. The van der Waals surface area contributed by atoms with Gasteiger partial charge in [0.05, 0.1) is 0 Å². The predicted octanol–water partition coefficient (Wildman–Crippen LogP) is 2.08. The SMILES string of the molecule is O=S(=O)(NCC1CCC1)c1ccc(CNC2CC2)s1. The summed E-state index contributed by atoms with van der Waals surface area (Å²) in [6, 6.07) is 4.29. The molecular weight excluding hydrogens is 280 g/mol. The highest BCUT2D eigenvalue weighted by atomic mass is 32.2. The first-order valence-electron chi connectivity index (χ1n) is 6.95. The fraction of sp³-hybridized carbons (Fsp3) is 0.692. The van der Waals surface area contributed by atoms with Crippen molar-refractivity contribution in [2.24, 2.45) is 5.92 Å². The molecule has 2 N–H and O–H groups in total. The van der Waals surface area contributed by atoms with Gasteiger partial charge in [0.2, 0.25) is 10.0 Å². The first kappa shape index (κ1) is 13.5. The molecule has 0 spiro atoms. The van der Waals surface area contributed by atoms with Crippen LogP contribution < -0.4 is 10.0 Å². The summed E-state index contributed by atoms with van der Waals surface area (Å²) in [5, 5.41) is 3.40. The molecule has 106 valence electrons. The predicted molar refractivity (Wildman–Crippen MR) is 76.7 cm³/mol. The van der Waals surface area contributed by atoms with E-state index in [0.29, 0.717) is 22.7 Å². The van der Waals surface area contributed by atoms with Gasteiger partial charge in [-0.1, -0.05) is 6.42 Å². The lowest BCUT2D eigenvalue weighted by Gasteiger charge is -2.25. The second kappa shape index (κ2) is 5.52. The molecule has 0 aliphatic heterocycles. The Morgan fingerprint density at radius 1 is 1.21 bits per heavy atom. The molecule has 2 aliphatic rings. The van der Waals surface area contributed by atoms with Crippen molar-refractivity contribution in [1.29, 1.82) is 0 Å². The Labute approximate surface area is 118 Å². The third-order valence-electron chi connectivity index (χ3n) is 3.83. The molecule has 2 fully saturated rings. The van der Waals surface area contributed by atoms with Crippen molar-refractivity contribution in [3.63, 3.8) is 0 Å². The molecule has 1 aromatic rings. The molecular formula is C13H20N2O2S2. The molecule has 0 radical (unpaired) electrons. The highest BCUT2D eigenvalue weighted by Gasteiger charge is 2.23. The summed E-state index contributed by atoms with van der Waals surface area (Å²) in [6.07, 6.45) is 6.05. The molecule has 19 heavy (non-hydrogen) atoms. The van der Waals surface area contributed by atoms with Gasteiger partial charge in [-0.05, 0) is 43.7 Å². The first-order valence-corrected chi connectivity index (χ1v) is 9.25. The van der Waals surface area contributed by atoms with Crippen molar-refractivity contribution in [2.75, 3.05) is 6.54 Å². The van der Waals surface area contributed by atoms with E-state index in [9.17, 15) is 8.42 Å². The van der Waals surface area contributed by atoms with Crippen molar-refractivity contribution in [3.05, 3.63) is 17.0 Å². The lowest BCUT2D eigenvalue weighted by Crippen LogP contribution is -2.31.